The number of aromatic nitrogens is 4. The molecule has 60 heavy (non-hydrogen) atoms. The number of nitrogens with zero attached hydrogens (tertiary/aromatic N) is 4. The molecular formula is C40H32BrClF6N8O4. The minimum atomic E-state index is -1.09. The predicted octanol–water partition coefficient (Wildman–Crippen LogP) is 8.88. The lowest BCUT2D eigenvalue weighted by Crippen LogP contribution is -2.25. The van der Waals surface area contributed by atoms with Crippen LogP contribution in [0.1, 0.15) is 56.8 Å². The molecular weight excluding hydrogens is 886 g/mol. The van der Waals surface area contributed by atoms with Gasteiger partial charge >= 0.3 is 0 Å². The number of carbonyl (C=O) groups excluding carboxylic acids is 2. The SMILES string of the molecule is Brc1ncccn1.Cl.N[C@H]1CCOc2c(C(=O)Nc3ccc(F)c(F)c3)ccc(F)c21.O=C(Nc1ccc(F)c(F)c1)c1ccc(F)c2c1OCC[C@@H]2Nc1ncccn1. The molecule has 0 saturated carbocycles. The number of hydrogen-bond acceptors (Lipinski definition) is 10. The average molecular weight is 918 g/mol. The van der Waals surface area contributed by atoms with Crippen LogP contribution in [0.3, 0.4) is 0 Å². The zero-order valence-corrected chi connectivity index (χ0v) is 33.2. The Balaban J connectivity index is 0.000000196. The molecule has 0 fully saturated rings. The average Bonchev–Trinajstić information content (AvgIpc) is 3.22. The molecule has 312 valence electrons. The highest BCUT2D eigenvalue weighted by molar-refractivity contribution is 9.10. The zero-order chi connectivity index (χ0) is 42.1. The van der Waals surface area contributed by atoms with E-state index in [2.05, 4.69) is 51.8 Å². The van der Waals surface area contributed by atoms with Gasteiger partial charge in [-0.25, -0.2) is 46.3 Å². The van der Waals surface area contributed by atoms with Crippen molar-refractivity contribution in [2.24, 2.45) is 5.73 Å². The van der Waals surface area contributed by atoms with Crippen LogP contribution >= 0.6 is 28.3 Å². The van der Waals surface area contributed by atoms with Gasteiger partial charge in [-0.1, -0.05) is 0 Å². The Hall–Kier alpha value is -6.31. The summed E-state index contributed by atoms with van der Waals surface area (Å²) in [6.07, 6.45) is 7.35. The maximum atomic E-state index is 14.6. The second-order valence-corrected chi connectivity index (χ2v) is 13.2. The topological polar surface area (TPSA) is 166 Å². The molecule has 0 saturated heterocycles. The molecule has 0 radical (unpaired) electrons. The van der Waals surface area contributed by atoms with Crippen LogP contribution < -0.4 is 31.2 Å². The van der Waals surface area contributed by atoms with Crippen molar-refractivity contribution in [1.82, 2.24) is 19.9 Å². The van der Waals surface area contributed by atoms with Gasteiger partial charge in [0.25, 0.3) is 11.8 Å². The molecule has 2 aliphatic rings. The Labute approximate surface area is 352 Å². The summed E-state index contributed by atoms with van der Waals surface area (Å²) in [4.78, 5) is 40.7. The van der Waals surface area contributed by atoms with Crippen molar-refractivity contribution in [3.8, 4) is 11.5 Å². The van der Waals surface area contributed by atoms with Crippen molar-refractivity contribution >= 4 is 57.5 Å². The van der Waals surface area contributed by atoms with E-state index >= 15 is 0 Å². The Morgan fingerprint density at radius 2 is 1.07 bits per heavy atom. The van der Waals surface area contributed by atoms with Gasteiger partial charge in [0.2, 0.25) is 5.95 Å². The lowest BCUT2D eigenvalue weighted by Gasteiger charge is -2.28. The van der Waals surface area contributed by atoms with E-state index in [4.69, 9.17) is 15.2 Å². The molecule has 0 unspecified atom stereocenters. The number of nitrogens with two attached hydrogens (primary N) is 1. The van der Waals surface area contributed by atoms with Gasteiger partial charge in [0.05, 0.1) is 35.9 Å². The van der Waals surface area contributed by atoms with Crippen LogP contribution in [0.2, 0.25) is 0 Å². The number of halogens is 8. The first kappa shape index (κ1) is 44.8. The number of hydrogen-bond donors (Lipinski definition) is 4. The molecule has 20 heteroatoms. The fraction of sp³-hybridized carbons (Fsp3) is 0.150. The van der Waals surface area contributed by atoms with Gasteiger partial charge in [0.15, 0.2) is 28.0 Å². The minimum absolute atomic E-state index is 0. The summed E-state index contributed by atoms with van der Waals surface area (Å²) in [5.74, 6) is -6.07. The lowest BCUT2D eigenvalue weighted by molar-refractivity contribution is 0.101. The maximum Gasteiger partial charge on any atom is 0.259 e. The molecule has 6 aromatic rings. The minimum Gasteiger partial charge on any atom is -0.492 e. The van der Waals surface area contributed by atoms with Gasteiger partial charge in [-0.3, -0.25) is 9.59 Å². The van der Waals surface area contributed by atoms with E-state index in [1.165, 1.54) is 24.3 Å². The molecule has 2 atom stereocenters. The molecule has 8 rings (SSSR count). The zero-order valence-electron chi connectivity index (χ0n) is 30.8. The fourth-order valence-corrected chi connectivity index (χ4v) is 6.08. The molecule has 2 aliphatic heterocycles. The van der Waals surface area contributed by atoms with Crippen molar-refractivity contribution in [3.05, 3.63) is 159 Å². The lowest BCUT2D eigenvalue weighted by atomic mass is 9.96. The highest BCUT2D eigenvalue weighted by atomic mass is 79.9. The first-order valence-corrected chi connectivity index (χ1v) is 18.3. The number of anilines is 3. The first-order valence-electron chi connectivity index (χ1n) is 17.5. The van der Waals surface area contributed by atoms with Crippen LogP contribution in [0.15, 0.2) is 102 Å². The van der Waals surface area contributed by atoms with E-state index in [9.17, 15) is 35.9 Å². The molecule has 2 aromatic heterocycles. The van der Waals surface area contributed by atoms with E-state index in [1.807, 2.05) is 0 Å². The van der Waals surface area contributed by atoms with Gasteiger partial charge in [-0.05, 0) is 76.6 Å². The van der Waals surface area contributed by atoms with Gasteiger partial charge in [0, 0.05) is 72.7 Å². The van der Waals surface area contributed by atoms with Gasteiger partial charge in [-0.2, -0.15) is 0 Å². The number of nitrogens with one attached hydrogen (secondary N) is 3. The molecule has 0 bridgehead atoms. The fourth-order valence-electron chi connectivity index (χ4n) is 5.84. The second-order valence-electron chi connectivity index (χ2n) is 12.5. The van der Waals surface area contributed by atoms with Crippen LogP contribution in [-0.4, -0.2) is 45.0 Å². The molecule has 4 heterocycles. The van der Waals surface area contributed by atoms with E-state index in [1.54, 1.807) is 36.9 Å². The third-order valence-electron chi connectivity index (χ3n) is 8.58. The summed E-state index contributed by atoms with van der Waals surface area (Å²) < 4.78 is 92.7. The molecule has 0 aliphatic carbocycles. The standard InChI is InChI=1S/C20H15F3N4O2.C16H13F3N2O2.C4H3BrN2.ClH/c21-13-4-2-11(10-15(13)23)26-19(28)12-3-5-14(22)17-16(6-9-29-18(12)17)27-20-24-7-1-8-25-20;17-10-3-1-8(7-12(10)19)21-16(22)9-2-4-11(18)14-13(20)5-6-23-15(9)14;5-4-6-2-1-3-7-4;/h1-5,7-8,10,16H,6,9H2,(H,26,28)(H,24,25,27);1-4,7,13H,5-6,20H2,(H,21,22);1-3H;1H/t16-;13-;;/m00../s1. The van der Waals surface area contributed by atoms with Crippen LogP contribution in [0.4, 0.5) is 43.7 Å². The number of carbonyl (C=O) groups is 2. The molecule has 12 nitrogen and oxygen atoms in total. The summed E-state index contributed by atoms with van der Waals surface area (Å²) >= 11 is 3.09. The third-order valence-corrected chi connectivity index (χ3v) is 8.99. The van der Waals surface area contributed by atoms with E-state index < -0.39 is 58.8 Å². The van der Waals surface area contributed by atoms with E-state index in [-0.39, 0.29) is 70.7 Å². The van der Waals surface area contributed by atoms with Crippen molar-refractivity contribution in [3.63, 3.8) is 0 Å². The normalized spacial score (nSPS) is 14.7. The third kappa shape index (κ3) is 11.0. The van der Waals surface area contributed by atoms with E-state index in [0.717, 1.165) is 36.4 Å². The van der Waals surface area contributed by atoms with Crippen LogP contribution in [0, 0.1) is 34.9 Å². The molecule has 0 spiro atoms. The number of benzene rings is 4. The van der Waals surface area contributed by atoms with Crippen molar-refractivity contribution in [1.29, 1.82) is 0 Å². The largest absolute Gasteiger partial charge is 0.492 e. The van der Waals surface area contributed by atoms with Crippen molar-refractivity contribution in [2.45, 2.75) is 24.9 Å². The predicted molar refractivity (Wildman–Crippen MR) is 214 cm³/mol. The molecule has 2 amide bonds. The van der Waals surface area contributed by atoms with Crippen molar-refractivity contribution < 1.29 is 45.4 Å². The maximum absolute atomic E-state index is 14.6. The van der Waals surface area contributed by atoms with Crippen molar-refractivity contribution in [2.75, 3.05) is 29.2 Å². The highest BCUT2D eigenvalue weighted by Gasteiger charge is 2.31. The summed E-state index contributed by atoms with van der Waals surface area (Å²) in [5, 5.41) is 7.93. The first-order chi connectivity index (χ1) is 28.4. The quantitative estimate of drug-likeness (QED) is 0.0937. The van der Waals surface area contributed by atoms with Crippen LogP contribution in [0.25, 0.3) is 0 Å². The second kappa shape index (κ2) is 20.6. The Kier molecular flexibility index (Phi) is 15.4. The summed E-state index contributed by atoms with van der Waals surface area (Å²) in [6, 6.07) is 13.2. The smallest absolute Gasteiger partial charge is 0.259 e. The Morgan fingerprint density at radius 1 is 0.617 bits per heavy atom. The monoisotopic (exact) mass is 916 g/mol. The Bertz CT molecular complexity index is 2460. The number of amides is 2. The molecule has 5 N–H and O–H groups in total. The summed E-state index contributed by atoms with van der Waals surface area (Å²) in [7, 11) is 0. The number of ether oxygens (including phenoxy) is 2. The number of fused-ring (bicyclic) bond motifs is 2. The summed E-state index contributed by atoms with van der Waals surface area (Å²) in [5.41, 5.74) is 6.49. The van der Waals surface area contributed by atoms with Gasteiger partial charge < -0.3 is 31.2 Å². The Morgan fingerprint density at radius 3 is 1.55 bits per heavy atom. The molecule has 4 aromatic carbocycles. The van der Waals surface area contributed by atoms with Crippen LogP contribution in [-0.2, 0) is 0 Å². The van der Waals surface area contributed by atoms with Gasteiger partial charge in [-0.15, -0.1) is 12.4 Å². The highest BCUT2D eigenvalue weighted by Crippen LogP contribution is 2.39. The van der Waals surface area contributed by atoms with E-state index in [0.29, 0.717) is 23.5 Å². The number of rotatable bonds is 6. The summed E-state index contributed by atoms with van der Waals surface area (Å²) in [6.45, 7) is 0.509. The van der Waals surface area contributed by atoms with Crippen LogP contribution in [0.5, 0.6) is 11.5 Å². The van der Waals surface area contributed by atoms with Gasteiger partial charge in [0.1, 0.15) is 23.1 Å².